The van der Waals surface area contributed by atoms with Gasteiger partial charge in [-0.3, -0.25) is 4.90 Å². The van der Waals surface area contributed by atoms with E-state index >= 15 is 0 Å². The first-order chi connectivity index (χ1) is 11.4. The Hall–Kier alpha value is -1.40. The van der Waals surface area contributed by atoms with Crippen molar-refractivity contribution >= 4 is 11.9 Å². The Morgan fingerprint density at radius 1 is 1.08 bits per heavy atom. The normalized spacial score (nSPS) is 16.3. The van der Waals surface area contributed by atoms with E-state index in [9.17, 15) is 9.59 Å². The summed E-state index contributed by atoms with van der Waals surface area (Å²) in [5.41, 5.74) is -0.522. The van der Waals surface area contributed by atoms with Crippen LogP contribution in [0.4, 0.5) is 0 Å². The Balaban J connectivity index is 2.04. The zero-order valence-electron chi connectivity index (χ0n) is 15.2. The molecule has 0 atom stereocenters. The van der Waals surface area contributed by atoms with Crippen molar-refractivity contribution in [1.82, 2.24) is 4.90 Å². The summed E-state index contributed by atoms with van der Waals surface area (Å²) < 4.78 is 15.6. The van der Waals surface area contributed by atoms with E-state index in [1.807, 2.05) is 20.8 Å². The van der Waals surface area contributed by atoms with Crippen LogP contribution in [0.1, 0.15) is 46.5 Å². The SMILES string of the molecule is CCC(C)(C)OC(=O)C=CC(=O)OCCCCCN1CCOCC1. The van der Waals surface area contributed by atoms with Crippen LogP contribution in [0.2, 0.25) is 0 Å². The first-order valence-corrected chi connectivity index (χ1v) is 8.81. The molecule has 6 nitrogen and oxygen atoms in total. The minimum atomic E-state index is -0.524. The molecule has 1 heterocycles. The Morgan fingerprint density at radius 2 is 1.75 bits per heavy atom. The Morgan fingerprint density at radius 3 is 2.42 bits per heavy atom. The van der Waals surface area contributed by atoms with Gasteiger partial charge in [0.05, 0.1) is 19.8 Å². The van der Waals surface area contributed by atoms with Gasteiger partial charge in [-0.25, -0.2) is 9.59 Å². The van der Waals surface area contributed by atoms with E-state index < -0.39 is 17.5 Å². The number of carbonyl (C=O) groups is 2. The number of hydrogen-bond acceptors (Lipinski definition) is 6. The highest BCUT2D eigenvalue weighted by molar-refractivity contribution is 5.91. The number of hydrogen-bond donors (Lipinski definition) is 0. The molecule has 24 heavy (non-hydrogen) atoms. The van der Waals surface area contributed by atoms with Gasteiger partial charge in [0.15, 0.2) is 0 Å². The van der Waals surface area contributed by atoms with Crippen LogP contribution in [0.3, 0.4) is 0 Å². The lowest BCUT2D eigenvalue weighted by molar-refractivity contribution is -0.151. The lowest BCUT2D eigenvalue weighted by Crippen LogP contribution is -2.36. The maximum atomic E-state index is 11.6. The number of carbonyl (C=O) groups excluding carboxylic acids is 2. The van der Waals surface area contributed by atoms with Crippen molar-refractivity contribution in [2.24, 2.45) is 0 Å². The summed E-state index contributed by atoms with van der Waals surface area (Å²) >= 11 is 0. The molecule has 0 aromatic heterocycles. The van der Waals surface area contributed by atoms with E-state index in [1.54, 1.807) is 0 Å². The molecule has 0 N–H and O–H groups in total. The highest BCUT2D eigenvalue weighted by Crippen LogP contribution is 2.13. The molecule has 0 aromatic rings. The predicted octanol–water partition coefficient (Wildman–Crippen LogP) is 2.32. The van der Waals surface area contributed by atoms with Crippen LogP contribution < -0.4 is 0 Å². The van der Waals surface area contributed by atoms with Crippen LogP contribution in [0, 0.1) is 0 Å². The minimum Gasteiger partial charge on any atom is -0.463 e. The summed E-state index contributed by atoms with van der Waals surface area (Å²) in [6.07, 6.45) is 5.89. The van der Waals surface area contributed by atoms with Gasteiger partial charge in [-0.05, 0) is 46.1 Å². The Labute approximate surface area is 145 Å². The predicted molar refractivity (Wildman–Crippen MR) is 91.7 cm³/mol. The summed E-state index contributed by atoms with van der Waals surface area (Å²) in [7, 11) is 0. The van der Waals surface area contributed by atoms with E-state index in [-0.39, 0.29) is 0 Å². The molecule has 6 heteroatoms. The van der Waals surface area contributed by atoms with Crippen molar-refractivity contribution in [3.05, 3.63) is 12.2 Å². The average Bonchev–Trinajstić information content (AvgIpc) is 2.56. The zero-order valence-corrected chi connectivity index (χ0v) is 15.2. The number of ether oxygens (including phenoxy) is 3. The smallest absolute Gasteiger partial charge is 0.331 e. The van der Waals surface area contributed by atoms with Crippen molar-refractivity contribution in [2.75, 3.05) is 39.5 Å². The van der Waals surface area contributed by atoms with Gasteiger partial charge in [0.2, 0.25) is 0 Å². The highest BCUT2D eigenvalue weighted by Gasteiger charge is 2.18. The molecule has 1 aliphatic heterocycles. The number of unbranched alkanes of at least 4 members (excludes halogenated alkanes) is 2. The van der Waals surface area contributed by atoms with Gasteiger partial charge in [-0.1, -0.05) is 6.92 Å². The summed E-state index contributed by atoms with van der Waals surface area (Å²) in [4.78, 5) is 25.5. The third-order valence-electron chi connectivity index (χ3n) is 4.05. The zero-order chi connectivity index (χ0) is 17.8. The van der Waals surface area contributed by atoms with Crippen molar-refractivity contribution in [2.45, 2.75) is 52.1 Å². The van der Waals surface area contributed by atoms with Crippen molar-refractivity contribution in [3.63, 3.8) is 0 Å². The molecule has 1 fully saturated rings. The second-order valence-corrected chi connectivity index (χ2v) is 6.55. The fourth-order valence-electron chi connectivity index (χ4n) is 2.17. The highest BCUT2D eigenvalue weighted by atomic mass is 16.6. The van der Waals surface area contributed by atoms with Crippen LogP contribution in [-0.2, 0) is 23.8 Å². The Kier molecular flexibility index (Phi) is 9.64. The second-order valence-electron chi connectivity index (χ2n) is 6.55. The quantitative estimate of drug-likeness (QED) is 0.345. The topological polar surface area (TPSA) is 65.1 Å². The fourth-order valence-corrected chi connectivity index (χ4v) is 2.17. The second kappa shape index (κ2) is 11.2. The molecule has 0 aromatic carbocycles. The third-order valence-corrected chi connectivity index (χ3v) is 4.05. The number of nitrogens with zero attached hydrogens (tertiary/aromatic N) is 1. The van der Waals surface area contributed by atoms with Gasteiger partial charge in [0.1, 0.15) is 5.60 Å². The molecule has 1 saturated heterocycles. The van der Waals surface area contributed by atoms with Gasteiger partial charge in [0.25, 0.3) is 0 Å². The minimum absolute atomic E-state index is 0.377. The maximum Gasteiger partial charge on any atom is 0.331 e. The molecular weight excluding hydrogens is 310 g/mol. The molecule has 1 rings (SSSR count). The molecule has 1 aliphatic rings. The van der Waals surface area contributed by atoms with Gasteiger partial charge in [-0.2, -0.15) is 0 Å². The van der Waals surface area contributed by atoms with Crippen LogP contribution in [0.5, 0.6) is 0 Å². The van der Waals surface area contributed by atoms with Crippen LogP contribution in [0.15, 0.2) is 12.2 Å². The lowest BCUT2D eigenvalue weighted by Gasteiger charge is -2.26. The van der Waals surface area contributed by atoms with Crippen LogP contribution >= 0.6 is 0 Å². The maximum absolute atomic E-state index is 11.6. The molecule has 0 unspecified atom stereocenters. The van der Waals surface area contributed by atoms with E-state index in [2.05, 4.69) is 4.90 Å². The Bertz CT molecular complexity index is 414. The standard InChI is InChI=1S/C18H31NO5/c1-4-18(2,3)24-17(21)9-8-16(20)23-13-7-5-6-10-19-11-14-22-15-12-19/h8-9H,4-7,10-15H2,1-3H3. The van der Waals surface area contributed by atoms with Gasteiger partial charge >= 0.3 is 11.9 Å². The first-order valence-electron chi connectivity index (χ1n) is 8.81. The third kappa shape index (κ3) is 9.67. The van der Waals surface area contributed by atoms with Gasteiger partial charge in [0, 0.05) is 25.2 Å². The number of esters is 2. The first kappa shape index (κ1) is 20.6. The molecule has 0 amide bonds. The van der Waals surface area contributed by atoms with E-state index in [0.717, 1.165) is 64.3 Å². The molecular formula is C18H31NO5. The fraction of sp³-hybridized carbons (Fsp3) is 0.778. The van der Waals surface area contributed by atoms with Gasteiger partial charge < -0.3 is 14.2 Å². The monoisotopic (exact) mass is 341 g/mol. The summed E-state index contributed by atoms with van der Waals surface area (Å²) in [6.45, 7) is 10.7. The largest absolute Gasteiger partial charge is 0.463 e. The van der Waals surface area contributed by atoms with E-state index in [0.29, 0.717) is 13.0 Å². The molecule has 138 valence electrons. The van der Waals surface area contributed by atoms with Crippen LogP contribution in [-0.4, -0.2) is 61.9 Å². The number of rotatable bonds is 10. The van der Waals surface area contributed by atoms with Crippen molar-refractivity contribution in [1.29, 1.82) is 0 Å². The molecule has 0 saturated carbocycles. The van der Waals surface area contributed by atoms with E-state index in [1.165, 1.54) is 0 Å². The summed E-state index contributed by atoms with van der Waals surface area (Å²) in [6, 6.07) is 0. The van der Waals surface area contributed by atoms with E-state index in [4.69, 9.17) is 14.2 Å². The molecule has 0 radical (unpaired) electrons. The van der Waals surface area contributed by atoms with Crippen molar-refractivity contribution < 1.29 is 23.8 Å². The van der Waals surface area contributed by atoms with Crippen molar-refractivity contribution in [3.8, 4) is 0 Å². The summed E-state index contributed by atoms with van der Waals surface area (Å²) in [5, 5.41) is 0. The van der Waals surface area contributed by atoms with Crippen LogP contribution in [0.25, 0.3) is 0 Å². The molecule has 0 bridgehead atoms. The van der Waals surface area contributed by atoms with Gasteiger partial charge in [-0.15, -0.1) is 0 Å². The molecule has 0 aliphatic carbocycles. The molecule has 0 spiro atoms. The summed E-state index contributed by atoms with van der Waals surface area (Å²) in [5.74, 6) is -1.03. The average molecular weight is 341 g/mol. The lowest BCUT2D eigenvalue weighted by atomic mass is 10.1. The number of morpholine rings is 1.